The highest BCUT2D eigenvalue weighted by Crippen LogP contribution is 2.03. The third-order valence-corrected chi connectivity index (χ3v) is 2.12. The lowest BCUT2D eigenvalue weighted by molar-refractivity contribution is 0.756. The molecule has 0 fully saturated rings. The summed E-state index contributed by atoms with van der Waals surface area (Å²) >= 11 is 0. The summed E-state index contributed by atoms with van der Waals surface area (Å²) in [7, 11) is 0. The molecule has 0 atom stereocenters. The van der Waals surface area contributed by atoms with Gasteiger partial charge in [0, 0.05) is 0 Å². The molecule has 0 aliphatic heterocycles. The summed E-state index contributed by atoms with van der Waals surface area (Å²) in [6, 6.07) is 0. The first-order chi connectivity index (χ1) is 6.41. The van der Waals surface area contributed by atoms with Gasteiger partial charge < -0.3 is 0 Å². The van der Waals surface area contributed by atoms with E-state index >= 15 is 0 Å². The lowest BCUT2D eigenvalue weighted by Crippen LogP contribution is -1.72. The first-order valence-electron chi connectivity index (χ1n) is 5.68. The zero-order valence-electron chi connectivity index (χ0n) is 9.26. The van der Waals surface area contributed by atoms with Crippen LogP contribution in [0.3, 0.4) is 0 Å². The molecule has 0 spiro atoms. The number of rotatable bonds is 8. The number of unbranched alkanes of at least 4 members (excludes halogenated alkanes) is 5. The maximum absolute atomic E-state index is 2.34. The molecule has 0 unspecified atom stereocenters. The van der Waals surface area contributed by atoms with Crippen LogP contribution in [0.4, 0.5) is 0 Å². The maximum Gasteiger partial charge on any atom is -0.0351 e. The minimum atomic E-state index is 1.25. The molecule has 0 aromatic heterocycles. The minimum Gasteiger partial charge on any atom is -0.0917 e. The van der Waals surface area contributed by atoms with E-state index in [0.29, 0.717) is 0 Å². The van der Waals surface area contributed by atoms with Crippen LogP contribution in [0.2, 0.25) is 0 Å². The second kappa shape index (κ2) is 11.5. The topological polar surface area (TPSA) is 0 Å². The van der Waals surface area contributed by atoms with Crippen molar-refractivity contribution in [2.45, 2.75) is 58.8 Å². The fourth-order valence-corrected chi connectivity index (χ4v) is 1.25. The van der Waals surface area contributed by atoms with E-state index in [-0.39, 0.29) is 0 Å². The Morgan fingerprint density at radius 1 is 0.769 bits per heavy atom. The van der Waals surface area contributed by atoms with Gasteiger partial charge in [-0.25, -0.2) is 0 Å². The average Bonchev–Trinajstić information content (AvgIpc) is 2.16. The Balaban J connectivity index is 3.01. The van der Waals surface area contributed by atoms with Gasteiger partial charge in [-0.15, -0.1) is 0 Å². The van der Waals surface area contributed by atoms with Crippen LogP contribution in [0.15, 0.2) is 24.3 Å². The van der Waals surface area contributed by atoms with E-state index in [2.05, 4.69) is 38.2 Å². The Bertz CT molecular complexity index is 131. The van der Waals surface area contributed by atoms with Crippen LogP contribution in [-0.4, -0.2) is 0 Å². The lowest BCUT2D eigenvalue weighted by atomic mass is 10.1. The Labute approximate surface area is 83.7 Å². The quantitative estimate of drug-likeness (QED) is 0.369. The predicted molar refractivity (Wildman–Crippen MR) is 61.9 cm³/mol. The van der Waals surface area contributed by atoms with Gasteiger partial charge >= 0.3 is 0 Å². The second-order valence-electron chi connectivity index (χ2n) is 3.47. The summed E-state index contributed by atoms with van der Waals surface area (Å²) in [5.74, 6) is 0. The highest BCUT2D eigenvalue weighted by Gasteiger charge is 1.83. The van der Waals surface area contributed by atoms with Crippen molar-refractivity contribution in [3.8, 4) is 0 Å². The maximum atomic E-state index is 2.34. The van der Waals surface area contributed by atoms with E-state index in [0.717, 1.165) is 0 Å². The fourth-order valence-electron chi connectivity index (χ4n) is 1.25. The molecule has 0 nitrogen and oxygen atoms in total. The van der Waals surface area contributed by atoms with Gasteiger partial charge in [-0.3, -0.25) is 0 Å². The molecule has 0 aliphatic carbocycles. The molecule has 76 valence electrons. The van der Waals surface area contributed by atoms with Crippen molar-refractivity contribution < 1.29 is 0 Å². The van der Waals surface area contributed by atoms with E-state index < -0.39 is 0 Å². The van der Waals surface area contributed by atoms with Gasteiger partial charge in [0.25, 0.3) is 0 Å². The molecule has 0 aromatic rings. The highest BCUT2D eigenvalue weighted by atomic mass is 13.9. The predicted octanol–water partition coefficient (Wildman–Crippen LogP) is 4.87. The van der Waals surface area contributed by atoms with Gasteiger partial charge in [0.15, 0.2) is 0 Å². The lowest BCUT2D eigenvalue weighted by Gasteiger charge is -1.93. The third kappa shape index (κ3) is 11.5. The number of hydrogen-bond donors (Lipinski definition) is 0. The Kier molecular flexibility index (Phi) is 11.0. The van der Waals surface area contributed by atoms with Crippen molar-refractivity contribution in [2.75, 3.05) is 0 Å². The number of allylic oxidation sites excluding steroid dienone is 4. The smallest absolute Gasteiger partial charge is 0.0351 e. The fraction of sp³-hybridized carbons (Fsp3) is 0.692. The molecule has 0 heteroatoms. The van der Waals surface area contributed by atoms with Crippen molar-refractivity contribution in [3.63, 3.8) is 0 Å². The summed E-state index contributed by atoms with van der Waals surface area (Å²) < 4.78 is 0. The zero-order valence-corrected chi connectivity index (χ0v) is 9.26. The molecule has 0 rings (SSSR count). The van der Waals surface area contributed by atoms with Gasteiger partial charge in [-0.05, 0) is 39.0 Å². The van der Waals surface area contributed by atoms with Crippen LogP contribution in [-0.2, 0) is 0 Å². The summed E-state index contributed by atoms with van der Waals surface area (Å²) in [5.41, 5.74) is 0. The Morgan fingerprint density at radius 3 is 1.85 bits per heavy atom. The molecule has 0 saturated carbocycles. The van der Waals surface area contributed by atoms with Gasteiger partial charge in [0.2, 0.25) is 0 Å². The van der Waals surface area contributed by atoms with E-state index in [9.17, 15) is 0 Å². The van der Waals surface area contributed by atoms with E-state index in [1.807, 2.05) is 0 Å². The van der Waals surface area contributed by atoms with Gasteiger partial charge in [-0.2, -0.15) is 0 Å². The van der Waals surface area contributed by atoms with Crippen LogP contribution in [0.5, 0.6) is 0 Å². The third-order valence-electron chi connectivity index (χ3n) is 2.12. The SMILES string of the molecule is CC=CCCCCC=CCCCC. The molecule has 0 aliphatic rings. The molecule has 0 saturated heterocycles. The average molecular weight is 180 g/mol. The molecule has 0 N–H and O–H groups in total. The zero-order chi connectivity index (χ0) is 9.78. The van der Waals surface area contributed by atoms with Crippen LogP contribution in [0.25, 0.3) is 0 Å². The molecule has 0 aromatic carbocycles. The molecule has 0 amide bonds. The first-order valence-corrected chi connectivity index (χ1v) is 5.68. The van der Waals surface area contributed by atoms with Crippen molar-refractivity contribution in [2.24, 2.45) is 0 Å². The van der Waals surface area contributed by atoms with Crippen LogP contribution < -0.4 is 0 Å². The molecule has 0 heterocycles. The molecule has 0 radical (unpaired) electrons. The van der Waals surface area contributed by atoms with Gasteiger partial charge in [-0.1, -0.05) is 44.1 Å². The summed E-state index contributed by atoms with van der Waals surface area (Å²) in [5, 5.41) is 0. The summed E-state index contributed by atoms with van der Waals surface area (Å²) in [4.78, 5) is 0. The van der Waals surface area contributed by atoms with Crippen LogP contribution in [0.1, 0.15) is 58.8 Å². The monoisotopic (exact) mass is 180 g/mol. The van der Waals surface area contributed by atoms with Gasteiger partial charge in [0.05, 0.1) is 0 Å². The summed E-state index contributed by atoms with van der Waals surface area (Å²) in [6.45, 7) is 4.33. The normalized spacial score (nSPS) is 11.8. The van der Waals surface area contributed by atoms with Crippen molar-refractivity contribution in [1.29, 1.82) is 0 Å². The minimum absolute atomic E-state index is 1.25. The van der Waals surface area contributed by atoms with E-state index in [1.165, 1.54) is 44.9 Å². The van der Waals surface area contributed by atoms with E-state index in [1.54, 1.807) is 0 Å². The van der Waals surface area contributed by atoms with Crippen LogP contribution >= 0.6 is 0 Å². The second-order valence-corrected chi connectivity index (χ2v) is 3.47. The largest absolute Gasteiger partial charge is 0.0917 e. The van der Waals surface area contributed by atoms with Crippen molar-refractivity contribution >= 4 is 0 Å². The van der Waals surface area contributed by atoms with Gasteiger partial charge in [0.1, 0.15) is 0 Å². The molecule has 13 heavy (non-hydrogen) atoms. The Morgan fingerprint density at radius 2 is 1.31 bits per heavy atom. The van der Waals surface area contributed by atoms with E-state index in [4.69, 9.17) is 0 Å². The molecule has 0 bridgehead atoms. The standard InChI is InChI=1S/C13H24/c1-3-5-7-9-11-13-12-10-8-6-4-2/h3,5,10,12H,4,6-9,11,13H2,1-2H3. The summed E-state index contributed by atoms with van der Waals surface area (Å²) in [6.07, 6.45) is 18.2. The Hall–Kier alpha value is -0.520. The highest BCUT2D eigenvalue weighted by molar-refractivity contribution is 4.82. The molecular formula is C13H24. The first kappa shape index (κ1) is 12.5. The van der Waals surface area contributed by atoms with Crippen molar-refractivity contribution in [1.82, 2.24) is 0 Å². The van der Waals surface area contributed by atoms with Crippen molar-refractivity contribution in [3.05, 3.63) is 24.3 Å². The number of hydrogen-bond acceptors (Lipinski definition) is 0. The van der Waals surface area contributed by atoms with Crippen LogP contribution in [0, 0.1) is 0 Å². The molecular weight excluding hydrogens is 156 g/mol.